The van der Waals surface area contributed by atoms with E-state index in [2.05, 4.69) is 4.98 Å². The first-order valence-electron chi connectivity index (χ1n) is 7.97. The molecule has 0 aliphatic carbocycles. The van der Waals surface area contributed by atoms with Crippen LogP contribution >= 0.6 is 22.7 Å². The lowest BCUT2D eigenvalue weighted by molar-refractivity contribution is -0.133. The highest BCUT2D eigenvalue weighted by Crippen LogP contribution is 2.25. The molecular weight excluding hydrogens is 368 g/mol. The molecule has 134 valence electrons. The third-order valence-corrected chi connectivity index (χ3v) is 5.35. The Bertz CT molecular complexity index is 886. The number of carbonyl (C=O) groups is 2. The Morgan fingerprint density at radius 3 is 2.62 bits per heavy atom. The van der Waals surface area contributed by atoms with Crippen LogP contribution < -0.4 is 0 Å². The van der Waals surface area contributed by atoms with Gasteiger partial charge in [-0.05, 0) is 23.9 Å². The molecule has 0 aliphatic rings. The Balaban J connectivity index is 1.52. The third-order valence-electron chi connectivity index (χ3n) is 3.77. The number of hydrogen-bond acceptors (Lipinski definition) is 6. The molecule has 0 fully saturated rings. The highest BCUT2D eigenvalue weighted by molar-refractivity contribution is 7.14. The molecule has 0 N–H and O–H groups in total. The van der Waals surface area contributed by atoms with E-state index in [1.54, 1.807) is 23.8 Å². The number of nitrogens with zero attached hydrogens (tertiary/aromatic N) is 2. The van der Waals surface area contributed by atoms with Crippen molar-refractivity contribution in [3.05, 3.63) is 63.3 Å². The van der Waals surface area contributed by atoms with Gasteiger partial charge in [-0.2, -0.15) is 11.3 Å². The number of aromatic nitrogens is 1. The fraction of sp³-hybridized carbons (Fsp3) is 0.211. The lowest BCUT2D eigenvalue weighted by Gasteiger charge is -2.17. The van der Waals surface area contributed by atoms with Gasteiger partial charge in [-0.3, -0.25) is 4.79 Å². The highest BCUT2D eigenvalue weighted by atomic mass is 32.1. The summed E-state index contributed by atoms with van der Waals surface area (Å²) in [7, 11) is 1.69. The van der Waals surface area contributed by atoms with Gasteiger partial charge in [-0.15, -0.1) is 11.3 Å². The number of thiazole rings is 1. The van der Waals surface area contributed by atoms with E-state index >= 15 is 0 Å². The Labute approximate surface area is 159 Å². The molecule has 0 radical (unpaired) electrons. The van der Waals surface area contributed by atoms with Crippen molar-refractivity contribution in [1.29, 1.82) is 0 Å². The van der Waals surface area contributed by atoms with Crippen molar-refractivity contribution in [1.82, 2.24) is 9.88 Å². The fourth-order valence-corrected chi connectivity index (χ4v) is 3.75. The number of aryl methyl sites for hydroxylation is 1. The summed E-state index contributed by atoms with van der Waals surface area (Å²) in [5.41, 5.74) is 3.40. The van der Waals surface area contributed by atoms with E-state index in [1.807, 2.05) is 48.0 Å². The van der Waals surface area contributed by atoms with Crippen molar-refractivity contribution in [2.24, 2.45) is 0 Å². The average molecular weight is 386 g/mol. The zero-order chi connectivity index (χ0) is 18.5. The van der Waals surface area contributed by atoms with E-state index in [4.69, 9.17) is 4.74 Å². The lowest BCUT2D eigenvalue weighted by atomic mass is 10.1. The smallest absolute Gasteiger partial charge is 0.358 e. The molecular formula is C19H18N2O3S2. The Morgan fingerprint density at radius 1 is 1.15 bits per heavy atom. The minimum absolute atomic E-state index is 0.227. The van der Waals surface area contributed by atoms with Crippen molar-refractivity contribution >= 4 is 34.6 Å². The fourth-order valence-electron chi connectivity index (χ4n) is 2.25. The molecule has 1 amide bonds. The molecule has 0 saturated heterocycles. The Morgan fingerprint density at radius 2 is 1.92 bits per heavy atom. The van der Waals surface area contributed by atoms with Crippen molar-refractivity contribution in [2.45, 2.75) is 13.5 Å². The number of esters is 1. The molecule has 0 saturated carbocycles. The number of hydrogen-bond donors (Lipinski definition) is 0. The maximum Gasteiger partial charge on any atom is 0.358 e. The van der Waals surface area contributed by atoms with Gasteiger partial charge in [0.1, 0.15) is 5.01 Å². The van der Waals surface area contributed by atoms with Gasteiger partial charge in [-0.25, -0.2) is 9.78 Å². The summed E-state index contributed by atoms with van der Waals surface area (Å²) in [5.74, 6) is -0.841. The maximum absolute atomic E-state index is 12.2. The van der Waals surface area contributed by atoms with Crippen molar-refractivity contribution in [3.8, 4) is 10.6 Å². The predicted molar refractivity (Wildman–Crippen MR) is 103 cm³/mol. The van der Waals surface area contributed by atoms with Gasteiger partial charge in [0.25, 0.3) is 5.91 Å². The molecule has 2 heterocycles. The van der Waals surface area contributed by atoms with E-state index in [9.17, 15) is 9.59 Å². The average Bonchev–Trinajstić information content (AvgIpc) is 3.32. The first kappa shape index (κ1) is 18.3. The van der Waals surface area contributed by atoms with Crippen LogP contribution in [-0.4, -0.2) is 35.4 Å². The van der Waals surface area contributed by atoms with Crippen LogP contribution in [0.25, 0.3) is 10.6 Å². The van der Waals surface area contributed by atoms with E-state index < -0.39 is 5.97 Å². The summed E-state index contributed by atoms with van der Waals surface area (Å²) < 4.78 is 5.12. The first-order valence-corrected chi connectivity index (χ1v) is 9.80. The third kappa shape index (κ3) is 4.56. The van der Waals surface area contributed by atoms with Gasteiger partial charge in [0.2, 0.25) is 0 Å². The quantitative estimate of drug-likeness (QED) is 0.601. The van der Waals surface area contributed by atoms with E-state index in [1.165, 1.54) is 21.8 Å². The number of thiophene rings is 1. The molecule has 26 heavy (non-hydrogen) atoms. The largest absolute Gasteiger partial charge is 0.451 e. The molecule has 5 nitrogen and oxygen atoms in total. The number of likely N-dealkylation sites (N-methyl/N-ethyl adjacent to an activating group) is 1. The molecule has 1 aromatic carbocycles. The maximum atomic E-state index is 12.2. The topological polar surface area (TPSA) is 59.5 Å². The van der Waals surface area contributed by atoms with Crippen molar-refractivity contribution in [3.63, 3.8) is 0 Å². The van der Waals surface area contributed by atoms with Crippen LogP contribution in [0.5, 0.6) is 0 Å². The Hall–Kier alpha value is -2.51. The summed E-state index contributed by atoms with van der Waals surface area (Å²) in [6.45, 7) is 2.18. The van der Waals surface area contributed by atoms with Crippen molar-refractivity contribution in [2.75, 3.05) is 13.7 Å². The number of benzene rings is 1. The molecule has 0 unspecified atom stereocenters. The number of rotatable bonds is 6. The summed E-state index contributed by atoms with van der Waals surface area (Å²) in [4.78, 5) is 30.1. The van der Waals surface area contributed by atoms with Crippen molar-refractivity contribution < 1.29 is 14.3 Å². The van der Waals surface area contributed by atoms with Gasteiger partial charge in [0.05, 0.1) is 0 Å². The number of ether oxygens (including phenoxy) is 1. The van der Waals surface area contributed by atoms with Gasteiger partial charge in [0.15, 0.2) is 12.3 Å². The monoisotopic (exact) mass is 386 g/mol. The number of carbonyl (C=O) groups excluding carboxylic acids is 2. The summed E-state index contributed by atoms with van der Waals surface area (Å²) >= 11 is 2.95. The van der Waals surface area contributed by atoms with E-state index in [0.29, 0.717) is 6.54 Å². The zero-order valence-electron chi connectivity index (χ0n) is 14.5. The van der Waals surface area contributed by atoms with Crippen LogP contribution in [0.15, 0.2) is 46.5 Å². The predicted octanol–water partition coefficient (Wildman–Crippen LogP) is 4.00. The summed E-state index contributed by atoms with van der Waals surface area (Å²) in [5, 5.41) is 6.34. The number of amides is 1. The SMILES string of the molecule is Cc1ccc(CN(C)C(=O)COC(=O)c2csc(-c3ccsc3)n2)cc1. The van der Waals surface area contributed by atoms with E-state index in [0.717, 1.165) is 16.1 Å². The summed E-state index contributed by atoms with van der Waals surface area (Å²) in [6.07, 6.45) is 0. The lowest BCUT2D eigenvalue weighted by Crippen LogP contribution is -2.30. The first-order chi connectivity index (χ1) is 12.5. The van der Waals surface area contributed by atoms with Gasteiger partial charge < -0.3 is 9.64 Å². The second-order valence-electron chi connectivity index (χ2n) is 5.86. The molecule has 3 aromatic rings. The van der Waals surface area contributed by atoms with E-state index in [-0.39, 0.29) is 18.2 Å². The second kappa shape index (κ2) is 8.25. The molecule has 0 atom stereocenters. The highest BCUT2D eigenvalue weighted by Gasteiger charge is 2.17. The minimum atomic E-state index is -0.584. The van der Waals surface area contributed by atoms with Gasteiger partial charge in [-0.1, -0.05) is 29.8 Å². The molecule has 7 heteroatoms. The molecule has 3 rings (SSSR count). The van der Waals surface area contributed by atoms with Gasteiger partial charge >= 0.3 is 5.97 Å². The normalized spacial score (nSPS) is 10.5. The van der Waals surface area contributed by atoms with Crippen LogP contribution in [0.4, 0.5) is 0 Å². The van der Waals surface area contributed by atoms with Crippen LogP contribution in [0.2, 0.25) is 0 Å². The van der Waals surface area contributed by atoms with Crippen LogP contribution in [0, 0.1) is 6.92 Å². The van der Waals surface area contributed by atoms with Gasteiger partial charge in [0, 0.05) is 29.9 Å². The Kier molecular flexibility index (Phi) is 5.80. The van der Waals surface area contributed by atoms with Crippen LogP contribution in [0.3, 0.4) is 0 Å². The molecule has 0 spiro atoms. The molecule has 0 bridgehead atoms. The zero-order valence-corrected chi connectivity index (χ0v) is 16.1. The standard InChI is InChI=1S/C19H18N2O3S2/c1-13-3-5-14(6-4-13)9-21(2)17(22)10-24-19(23)16-12-26-18(20-16)15-7-8-25-11-15/h3-8,11-12H,9-10H2,1-2H3. The minimum Gasteiger partial charge on any atom is -0.451 e. The molecule has 0 aliphatic heterocycles. The molecule has 2 aromatic heterocycles. The van der Waals surface area contributed by atoms with Crippen LogP contribution in [0.1, 0.15) is 21.6 Å². The summed E-state index contributed by atoms with van der Waals surface area (Å²) in [6, 6.07) is 9.91. The second-order valence-corrected chi connectivity index (χ2v) is 7.50. The van der Waals surface area contributed by atoms with Crippen LogP contribution in [-0.2, 0) is 16.1 Å².